The molecule has 0 radical (unpaired) electrons. The van der Waals surface area contributed by atoms with Crippen LogP contribution < -0.4 is 5.32 Å². The van der Waals surface area contributed by atoms with E-state index in [1.165, 1.54) is 12.1 Å². The Labute approximate surface area is 85.5 Å². The molecule has 5 nitrogen and oxygen atoms in total. The smallest absolute Gasteiger partial charge is 0.293 e. The van der Waals surface area contributed by atoms with Gasteiger partial charge in [-0.3, -0.25) is 10.1 Å². The highest BCUT2D eigenvalue weighted by atomic mass is 35.5. The Balaban J connectivity index is 3.02. The first-order valence-corrected chi connectivity index (χ1v) is 4.32. The van der Waals surface area contributed by atoms with Crippen molar-refractivity contribution >= 4 is 23.0 Å². The molecule has 0 aliphatic heterocycles. The molecule has 76 valence electrons. The van der Waals surface area contributed by atoms with E-state index in [2.05, 4.69) is 5.32 Å². The van der Waals surface area contributed by atoms with Crippen LogP contribution in [0.5, 0.6) is 0 Å². The summed E-state index contributed by atoms with van der Waals surface area (Å²) in [6, 6.07) is 4.41. The molecule has 0 fully saturated rings. The summed E-state index contributed by atoms with van der Waals surface area (Å²) in [6.07, 6.45) is 0. The van der Waals surface area contributed by atoms with Gasteiger partial charge in [0.05, 0.1) is 16.6 Å². The zero-order valence-electron chi connectivity index (χ0n) is 7.24. The largest absolute Gasteiger partial charge is 0.395 e. The van der Waals surface area contributed by atoms with E-state index in [1.54, 1.807) is 6.07 Å². The molecule has 0 bridgehead atoms. The average molecular weight is 217 g/mol. The Morgan fingerprint density at radius 2 is 2.29 bits per heavy atom. The van der Waals surface area contributed by atoms with E-state index in [0.29, 0.717) is 0 Å². The molecule has 0 aromatic heterocycles. The molecule has 6 heteroatoms. The van der Waals surface area contributed by atoms with E-state index >= 15 is 0 Å². The van der Waals surface area contributed by atoms with E-state index in [4.69, 9.17) is 16.7 Å². The van der Waals surface area contributed by atoms with Crippen molar-refractivity contribution in [2.24, 2.45) is 0 Å². The van der Waals surface area contributed by atoms with E-state index in [0.717, 1.165) is 0 Å². The van der Waals surface area contributed by atoms with Crippen molar-refractivity contribution in [2.75, 3.05) is 18.5 Å². The minimum atomic E-state index is -0.522. The maximum Gasteiger partial charge on any atom is 0.293 e. The monoisotopic (exact) mass is 216 g/mol. The Bertz CT molecular complexity index is 343. The van der Waals surface area contributed by atoms with Crippen molar-refractivity contribution in [2.45, 2.75) is 0 Å². The van der Waals surface area contributed by atoms with Crippen LogP contribution in [0.3, 0.4) is 0 Å². The van der Waals surface area contributed by atoms with Crippen molar-refractivity contribution in [1.29, 1.82) is 0 Å². The number of hydrogen-bond acceptors (Lipinski definition) is 4. The number of hydrogen-bond donors (Lipinski definition) is 2. The van der Waals surface area contributed by atoms with Gasteiger partial charge in [0.25, 0.3) is 5.69 Å². The molecule has 1 aromatic rings. The Kier molecular flexibility index (Phi) is 3.67. The van der Waals surface area contributed by atoms with Gasteiger partial charge in [-0.2, -0.15) is 0 Å². The summed E-state index contributed by atoms with van der Waals surface area (Å²) in [4.78, 5) is 10.1. The number of anilines is 1. The molecule has 0 amide bonds. The molecule has 0 aliphatic rings. The Hall–Kier alpha value is -1.33. The fourth-order valence-electron chi connectivity index (χ4n) is 1.02. The molecule has 0 unspecified atom stereocenters. The number of nitrogens with one attached hydrogen (secondary N) is 1. The average Bonchev–Trinajstić information content (AvgIpc) is 2.15. The molecule has 2 N–H and O–H groups in total. The van der Waals surface area contributed by atoms with Gasteiger partial charge in [0, 0.05) is 12.6 Å². The maximum absolute atomic E-state index is 10.6. The lowest BCUT2D eigenvalue weighted by Crippen LogP contribution is -2.07. The van der Waals surface area contributed by atoms with Gasteiger partial charge in [-0.15, -0.1) is 0 Å². The third-order valence-corrected chi connectivity index (χ3v) is 1.92. The van der Waals surface area contributed by atoms with Gasteiger partial charge in [0.1, 0.15) is 5.69 Å². The normalized spacial score (nSPS) is 9.86. The lowest BCUT2D eigenvalue weighted by atomic mass is 10.2. The van der Waals surface area contributed by atoms with Gasteiger partial charge >= 0.3 is 0 Å². The molecule has 0 atom stereocenters. The lowest BCUT2D eigenvalue weighted by Gasteiger charge is -2.06. The highest BCUT2D eigenvalue weighted by Crippen LogP contribution is 2.31. The number of aliphatic hydroxyl groups is 1. The maximum atomic E-state index is 10.6. The molecule has 0 spiro atoms. The second kappa shape index (κ2) is 4.78. The number of benzene rings is 1. The quantitative estimate of drug-likeness (QED) is 0.593. The summed E-state index contributed by atoms with van der Waals surface area (Å²) in [6.45, 7) is 0.118. The zero-order valence-corrected chi connectivity index (χ0v) is 7.99. The third kappa shape index (κ3) is 2.34. The van der Waals surface area contributed by atoms with Gasteiger partial charge in [0.15, 0.2) is 0 Å². The van der Waals surface area contributed by atoms with E-state index in [-0.39, 0.29) is 29.5 Å². The molecule has 1 rings (SSSR count). The minimum absolute atomic E-state index is 0.0917. The first kappa shape index (κ1) is 10.7. The van der Waals surface area contributed by atoms with Gasteiger partial charge < -0.3 is 10.4 Å². The summed E-state index contributed by atoms with van der Waals surface area (Å²) in [5.41, 5.74) is 0.152. The lowest BCUT2D eigenvalue weighted by molar-refractivity contribution is -0.383. The molecule has 0 heterocycles. The van der Waals surface area contributed by atoms with Crippen LogP contribution in [0, 0.1) is 10.1 Å². The second-order valence-corrected chi connectivity index (χ2v) is 2.95. The summed E-state index contributed by atoms with van der Waals surface area (Å²) >= 11 is 5.76. The van der Waals surface area contributed by atoms with Gasteiger partial charge in [-0.25, -0.2) is 0 Å². The first-order chi connectivity index (χ1) is 6.66. The van der Waals surface area contributed by atoms with E-state index in [1.807, 2.05) is 0 Å². The van der Waals surface area contributed by atoms with Crippen LogP contribution in [0.1, 0.15) is 0 Å². The number of para-hydroxylation sites is 1. The highest BCUT2D eigenvalue weighted by Gasteiger charge is 2.15. The molecule has 0 saturated heterocycles. The summed E-state index contributed by atoms with van der Waals surface area (Å²) in [7, 11) is 0. The summed E-state index contributed by atoms with van der Waals surface area (Å²) in [5, 5.41) is 22.1. The van der Waals surface area contributed by atoms with E-state index in [9.17, 15) is 10.1 Å². The molecule has 14 heavy (non-hydrogen) atoms. The first-order valence-electron chi connectivity index (χ1n) is 3.94. The van der Waals surface area contributed by atoms with E-state index < -0.39 is 4.92 Å². The van der Waals surface area contributed by atoms with Crippen LogP contribution in [0.4, 0.5) is 11.4 Å². The topological polar surface area (TPSA) is 75.4 Å². The Morgan fingerprint density at radius 1 is 1.57 bits per heavy atom. The fraction of sp³-hybridized carbons (Fsp3) is 0.250. The Morgan fingerprint density at radius 3 is 2.86 bits per heavy atom. The number of halogens is 1. The number of rotatable bonds is 4. The second-order valence-electron chi connectivity index (χ2n) is 2.54. The molecular weight excluding hydrogens is 208 g/mol. The predicted octanol–water partition coefficient (Wildman–Crippen LogP) is 1.65. The van der Waals surface area contributed by atoms with Crippen LogP contribution in [-0.2, 0) is 0 Å². The van der Waals surface area contributed by atoms with Crippen molar-refractivity contribution in [3.8, 4) is 0 Å². The van der Waals surface area contributed by atoms with Gasteiger partial charge in [-0.1, -0.05) is 17.7 Å². The minimum Gasteiger partial charge on any atom is -0.395 e. The fourth-order valence-corrected chi connectivity index (χ4v) is 1.26. The SMILES string of the molecule is O=[N+]([O-])c1cccc(Cl)c1NCCO. The van der Waals surface area contributed by atoms with Crippen molar-refractivity contribution in [3.63, 3.8) is 0 Å². The molecule has 0 aliphatic carbocycles. The number of nitro benzene ring substituents is 1. The third-order valence-electron chi connectivity index (χ3n) is 1.60. The highest BCUT2D eigenvalue weighted by molar-refractivity contribution is 6.33. The molecule has 0 saturated carbocycles. The summed E-state index contributed by atoms with van der Waals surface area (Å²) in [5.74, 6) is 0. The van der Waals surface area contributed by atoms with Crippen molar-refractivity contribution in [1.82, 2.24) is 0 Å². The van der Waals surface area contributed by atoms with Crippen molar-refractivity contribution < 1.29 is 10.0 Å². The van der Waals surface area contributed by atoms with Crippen LogP contribution >= 0.6 is 11.6 Å². The van der Waals surface area contributed by atoms with Crippen LogP contribution in [0.25, 0.3) is 0 Å². The number of nitro groups is 1. The van der Waals surface area contributed by atoms with Crippen LogP contribution in [0.15, 0.2) is 18.2 Å². The summed E-state index contributed by atoms with van der Waals surface area (Å²) < 4.78 is 0. The van der Waals surface area contributed by atoms with Crippen molar-refractivity contribution in [3.05, 3.63) is 33.3 Å². The zero-order chi connectivity index (χ0) is 10.6. The van der Waals surface area contributed by atoms with Crippen LogP contribution in [-0.4, -0.2) is 23.2 Å². The van der Waals surface area contributed by atoms with Gasteiger partial charge in [0.2, 0.25) is 0 Å². The molecular formula is C8H9ClN2O3. The predicted molar refractivity (Wildman–Crippen MR) is 53.7 cm³/mol. The van der Waals surface area contributed by atoms with Gasteiger partial charge in [-0.05, 0) is 6.07 Å². The molecule has 1 aromatic carbocycles. The standard InChI is InChI=1S/C8H9ClN2O3/c9-6-2-1-3-7(11(13)14)8(6)10-4-5-12/h1-3,10,12H,4-5H2. The van der Waals surface area contributed by atoms with Crippen LogP contribution in [0.2, 0.25) is 5.02 Å². The number of aliphatic hydroxyl groups excluding tert-OH is 1. The number of nitrogens with zero attached hydrogens (tertiary/aromatic N) is 1.